The van der Waals surface area contributed by atoms with E-state index in [1.165, 1.54) is 82.0 Å². The highest BCUT2D eigenvalue weighted by Crippen LogP contribution is 2.33. The van der Waals surface area contributed by atoms with E-state index in [4.69, 9.17) is 5.73 Å². The summed E-state index contributed by atoms with van der Waals surface area (Å²) < 4.78 is 0. The van der Waals surface area contributed by atoms with Gasteiger partial charge in [-0.05, 0) is 103 Å². The minimum Gasteiger partial charge on any atom is -0.360 e. The van der Waals surface area contributed by atoms with Crippen molar-refractivity contribution in [2.24, 2.45) is 5.73 Å². The maximum absolute atomic E-state index is 6.66. The molecule has 46 heavy (non-hydrogen) atoms. The van der Waals surface area contributed by atoms with Crippen LogP contribution in [0.5, 0.6) is 0 Å². The number of aromatic nitrogens is 1. The van der Waals surface area contributed by atoms with Crippen molar-refractivity contribution < 1.29 is 0 Å². The van der Waals surface area contributed by atoms with Crippen LogP contribution in [0.3, 0.4) is 0 Å². The maximum atomic E-state index is 6.66. The standard InChI is InChI=1S/C39H65N7/c1-4-28-31(23-43-35-14-8-7-13-34(35)40)29(5-2)33-25-45-39-18-12-10-16-37(39)42-22-27-20-19-26(46-27)21-41-36-15-9-11-17-38(36)44-24-32(28)30(33)6-3/h19-20,34-39,41-46H,4-18,21-25,40H2,1-3H3/t34-,35-,36-,37-,38-,39-/m1/s1. The number of H-pyrrole nitrogens is 1. The van der Waals surface area contributed by atoms with Gasteiger partial charge in [-0.1, -0.05) is 59.3 Å². The molecule has 0 unspecified atom stereocenters. The first kappa shape index (κ1) is 34.1. The molecule has 7 heteroatoms. The molecule has 0 radical (unpaired) electrons. The lowest BCUT2D eigenvalue weighted by Gasteiger charge is -2.36. The first-order valence-corrected chi connectivity index (χ1v) is 19.4. The van der Waals surface area contributed by atoms with Gasteiger partial charge in [-0.25, -0.2) is 0 Å². The third-order valence-corrected chi connectivity index (χ3v) is 12.1. The molecule has 4 aliphatic rings. The largest absolute Gasteiger partial charge is 0.360 e. The highest BCUT2D eigenvalue weighted by Gasteiger charge is 2.30. The minimum atomic E-state index is 0.274. The van der Waals surface area contributed by atoms with Gasteiger partial charge in [-0.2, -0.15) is 0 Å². The zero-order chi connectivity index (χ0) is 31.9. The minimum absolute atomic E-state index is 0.274. The predicted molar refractivity (Wildman–Crippen MR) is 192 cm³/mol. The zero-order valence-corrected chi connectivity index (χ0v) is 29.3. The summed E-state index contributed by atoms with van der Waals surface area (Å²) in [5, 5.41) is 20.3. The fourth-order valence-electron chi connectivity index (χ4n) is 9.54. The van der Waals surface area contributed by atoms with Crippen molar-refractivity contribution in [3.8, 4) is 0 Å². The maximum Gasteiger partial charge on any atom is 0.0360 e. The van der Waals surface area contributed by atoms with Crippen molar-refractivity contribution in [3.05, 3.63) is 56.9 Å². The number of nitrogens with one attached hydrogen (secondary N) is 6. The number of rotatable bonds is 6. The van der Waals surface area contributed by atoms with Crippen LogP contribution in [-0.4, -0.2) is 41.2 Å². The first-order chi connectivity index (χ1) is 22.6. The molecule has 2 aromatic rings. The van der Waals surface area contributed by atoms with Crippen LogP contribution in [0.2, 0.25) is 0 Å². The van der Waals surface area contributed by atoms with Crippen LogP contribution < -0.4 is 32.3 Å². The van der Waals surface area contributed by atoms with E-state index in [2.05, 4.69) is 64.5 Å². The second-order valence-electron chi connectivity index (χ2n) is 14.9. The van der Waals surface area contributed by atoms with Crippen molar-refractivity contribution in [2.75, 3.05) is 0 Å². The third kappa shape index (κ3) is 7.93. The normalized spacial score (nSPS) is 29.7. The van der Waals surface area contributed by atoms with E-state index >= 15 is 0 Å². The molecule has 0 spiro atoms. The monoisotopic (exact) mass is 632 g/mol. The number of hydrogen-bond donors (Lipinski definition) is 7. The van der Waals surface area contributed by atoms with Gasteiger partial charge in [-0.15, -0.1) is 0 Å². The quantitative estimate of drug-likeness (QED) is 0.219. The molecule has 3 saturated carbocycles. The van der Waals surface area contributed by atoms with E-state index < -0.39 is 0 Å². The molecule has 0 amide bonds. The Morgan fingerprint density at radius 2 is 1.00 bits per heavy atom. The van der Waals surface area contributed by atoms with Crippen molar-refractivity contribution in [2.45, 2.75) is 186 Å². The highest BCUT2D eigenvalue weighted by atomic mass is 15.1. The van der Waals surface area contributed by atoms with Gasteiger partial charge < -0.3 is 37.3 Å². The lowest BCUT2D eigenvalue weighted by atomic mass is 9.82. The van der Waals surface area contributed by atoms with Crippen molar-refractivity contribution >= 4 is 0 Å². The molecule has 8 N–H and O–H groups in total. The number of hydrogen-bond acceptors (Lipinski definition) is 6. The third-order valence-electron chi connectivity index (χ3n) is 12.1. The van der Waals surface area contributed by atoms with Gasteiger partial charge in [0.05, 0.1) is 0 Å². The molecule has 2 heterocycles. The fraction of sp³-hybridized carbons (Fsp3) is 0.744. The van der Waals surface area contributed by atoms with Crippen molar-refractivity contribution in [3.63, 3.8) is 0 Å². The van der Waals surface area contributed by atoms with Gasteiger partial charge in [-0.3, -0.25) is 0 Å². The number of aromatic amines is 1. The summed E-state index contributed by atoms with van der Waals surface area (Å²) in [7, 11) is 0. The topological polar surface area (TPSA) is 102 Å². The molecule has 3 fully saturated rings. The Labute approximate surface area is 279 Å². The van der Waals surface area contributed by atoms with Crippen LogP contribution in [0.4, 0.5) is 0 Å². The van der Waals surface area contributed by atoms with Crippen LogP contribution in [0.15, 0.2) is 12.1 Å². The van der Waals surface area contributed by atoms with E-state index in [1.54, 1.807) is 33.4 Å². The fourth-order valence-corrected chi connectivity index (χ4v) is 9.54. The SMILES string of the molecule is CCc1c(CN[C@@H]2CCCC[C@H]2N)c(CC)c2c(CC)c1CN[C@@H]1CCCC[C@H]1NCc1ccc([nH]1)CN[C@@H]1CCCC[C@H]1NC2. The average Bonchev–Trinajstić information content (AvgIpc) is 3.55. The summed E-state index contributed by atoms with van der Waals surface area (Å²) in [6.45, 7) is 11.8. The smallest absolute Gasteiger partial charge is 0.0360 e. The predicted octanol–water partition coefficient (Wildman–Crippen LogP) is 5.76. The van der Waals surface area contributed by atoms with Gasteiger partial charge in [0.15, 0.2) is 0 Å². The number of benzene rings is 1. The molecule has 0 saturated heterocycles. The Kier molecular flexibility index (Phi) is 12.3. The molecule has 6 atom stereocenters. The summed E-state index contributed by atoms with van der Waals surface area (Å²) in [6, 6.07) is 7.26. The van der Waals surface area contributed by atoms with Crippen molar-refractivity contribution in [1.82, 2.24) is 31.6 Å². The van der Waals surface area contributed by atoms with Gasteiger partial charge in [0.1, 0.15) is 0 Å². The Balaban J connectivity index is 1.37. The Morgan fingerprint density at radius 3 is 1.46 bits per heavy atom. The average molecular weight is 632 g/mol. The van der Waals surface area contributed by atoms with E-state index in [-0.39, 0.29) is 6.04 Å². The number of nitrogens with two attached hydrogens (primary N) is 1. The first-order valence-electron chi connectivity index (χ1n) is 19.4. The Bertz CT molecular complexity index is 1180. The summed E-state index contributed by atoms with van der Waals surface area (Å²) in [5.41, 5.74) is 18.8. The Hall–Kier alpha value is -1.74. The van der Waals surface area contributed by atoms with Crippen LogP contribution in [0.1, 0.15) is 143 Å². The summed E-state index contributed by atoms with van der Waals surface area (Å²) in [4.78, 5) is 3.72. The second-order valence-corrected chi connectivity index (χ2v) is 14.9. The van der Waals surface area contributed by atoms with Crippen LogP contribution in [0, 0.1) is 0 Å². The number of fused-ring (bicyclic) bond motifs is 6. The highest BCUT2D eigenvalue weighted by molar-refractivity contribution is 5.53. The Morgan fingerprint density at radius 1 is 0.565 bits per heavy atom. The second kappa shape index (κ2) is 16.6. The molecule has 7 nitrogen and oxygen atoms in total. The van der Waals surface area contributed by atoms with Gasteiger partial charge in [0, 0.05) is 80.4 Å². The molecule has 6 rings (SSSR count). The van der Waals surface area contributed by atoms with Gasteiger partial charge >= 0.3 is 0 Å². The molecule has 256 valence electrons. The van der Waals surface area contributed by atoms with Gasteiger partial charge in [0.25, 0.3) is 0 Å². The molecule has 1 aromatic carbocycles. The van der Waals surface area contributed by atoms with E-state index in [9.17, 15) is 0 Å². The molecular weight excluding hydrogens is 566 g/mol. The zero-order valence-electron chi connectivity index (χ0n) is 29.3. The molecule has 1 aliphatic heterocycles. The molecule has 3 aliphatic carbocycles. The summed E-state index contributed by atoms with van der Waals surface area (Å²) >= 11 is 0. The summed E-state index contributed by atoms with van der Waals surface area (Å²) in [6.07, 6.45) is 18.4. The van der Waals surface area contributed by atoms with Crippen LogP contribution in [-0.2, 0) is 52.0 Å². The van der Waals surface area contributed by atoms with Gasteiger partial charge in [0.2, 0.25) is 0 Å². The lowest BCUT2D eigenvalue weighted by Crippen LogP contribution is -2.50. The lowest BCUT2D eigenvalue weighted by molar-refractivity contribution is 0.277. The molecular formula is C39H65N7. The van der Waals surface area contributed by atoms with Crippen molar-refractivity contribution in [1.29, 1.82) is 0 Å². The molecule has 1 aromatic heterocycles. The van der Waals surface area contributed by atoms with E-state index in [0.717, 1.165) is 58.4 Å². The summed E-state index contributed by atoms with van der Waals surface area (Å²) in [5.74, 6) is 0. The van der Waals surface area contributed by atoms with E-state index in [0.29, 0.717) is 30.2 Å². The molecule has 4 bridgehead atoms. The van der Waals surface area contributed by atoms with Crippen LogP contribution in [0.25, 0.3) is 0 Å². The van der Waals surface area contributed by atoms with E-state index in [1.807, 2.05) is 0 Å². The van der Waals surface area contributed by atoms with Crippen LogP contribution >= 0.6 is 0 Å².